The van der Waals surface area contributed by atoms with Crippen molar-refractivity contribution < 1.29 is 18.0 Å². The molecule has 0 unspecified atom stereocenters. The summed E-state index contributed by atoms with van der Waals surface area (Å²) in [4.78, 5) is 39.8. The third-order valence-corrected chi connectivity index (χ3v) is 9.37. The Morgan fingerprint density at radius 2 is 1.89 bits per heavy atom. The molecule has 1 N–H and O–H groups in total. The third kappa shape index (κ3) is 5.34. The van der Waals surface area contributed by atoms with E-state index in [1.54, 1.807) is 28.6 Å². The van der Waals surface area contributed by atoms with Gasteiger partial charge in [-0.15, -0.1) is 0 Å². The second-order valence-corrected chi connectivity index (χ2v) is 11.7. The largest absolute Gasteiger partial charge is 0.352 e. The molecule has 0 spiro atoms. The van der Waals surface area contributed by atoms with E-state index in [2.05, 4.69) is 5.32 Å². The van der Waals surface area contributed by atoms with Gasteiger partial charge in [-0.25, -0.2) is 8.42 Å². The summed E-state index contributed by atoms with van der Waals surface area (Å²) < 4.78 is 30.0. The van der Waals surface area contributed by atoms with E-state index in [0.29, 0.717) is 38.0 Å². The van der Waals surface area contributed by atoms with Crippen LogP contribution in [-0.2, 0) is 21.4 Å². The summed E-state index contributed by atoms with van der Waals surface area (Å²) in [6, 6.07) is 4.56. The van der Waals surface area contributed by atoms with Crippen LogP contribution in [0.25, 0.3) is 10.9 Å². The van der Waals surface area contributed by atoms with Gasteiger partial charge in [0.15, 0.2) is 0 Å². The molecule has 36 heavy (non-hydrogen) atoms. The molecule has 2 heterocycles. The van der Waals surface area contributed by atoms with Crippen molar-refractivity contribution in [2.75, 3.05) is 26.7 Å². The lowest BCUT2D eigenvalue weighted by Gasteiger charge is -2.30. The molecule has 0 radical (unpaired) electrons. The number of nitrogens with one attached hydrogen (secondary N) is 1. The minimum Gasteiger partial charge on any atom is -0.352 e. The Morgan fingerprint density at radius 1 is 1.14 bits per heavy atom. The molecule has 0 bridgehead atoms. The zero-order chi connectivity index (χ0) is 25.9. The highest BCUT2D eigenvalue weighted by atomic mass is 32.2. The minimum atomic E-state index is -3.78. The van der Waals surface area contributed by atoms with Crippen LogP contribution in [0.3, 0.4) is 0 Å². The molecular formula is C26H36N4O5S. The van der Waals surface area contributed by atoms with Gasteiger partial charge in [-0.3, -0.25) is 14.4 Å². The highest BCUT2D eigenvalue weighted by Gasteiger charge is 2.29. The fourth-order valence-electron chi connectivity index (χ4n) is 5.28. The molecule has 2 amide bonds. The van der Waals surface area contributed by atoms with Crippen LogP contribution in [0.4, 0.5) is 0 Å². The van der Waals surface area contributed by atoms with E-state index >= 15 is 0 Å². The van der Waals surface area contributed by atoms with E-state index in [4.69, 9.17) is 0 Å². The monoisotopic (exact) mass is 516 g/mol. The molecule has 1 saturated carbocycles. The number of aromatic nitrogens is 1. The van der Waals surface area contributed by atoms with Crippen molar-refractivity contribution in [1.82, 2.24) is 19.1 Å². The van der Waals surface area contributed by atoms with E-state index in [1.807, 2.05) is 6.92 Å². The van der Waals surface area contributed by atoms with Gasteiger partial charge in [0, 0.05) is 57.3 Å². The first-order valence-corrected chi connectivity index (χ1v) is 14.4. The van der Waals surface area contributed by atoms with Crippen LogP contribution in [0.1, 0.15) is 68.6 Å². The SMILES string of the molecule is CCn1cc(C(=O)NCCCN2CCCC2=O)c(=O)c2cc(S(=O)(=O)N(C)C3CCCCC3)ccc21. The van der Waals surface area contributed by atoms with Crippen LogP contribution in [0.5, 0.6) is 0 Å². The number of nitrogens with zero attached hydrogens (tertiary/aromatic N) is 3. The molecule has 1 aliphatic heterocycles. The number of aryl methyl sites for hydroxylation is 1. The Morgan fingerprint density at radius 3 is 2.56 bits per heavy atom. The average molecular weight is 517 g/mol. The summed E-state index contributed by atoms with van der Waals surface area (Å²) in [5.41, 5.74) is 0.0851. The van der Waals surface area contributed by atoms with Crippen molar-refractivity contribution >= 4 is 32.7 Å². The maximum Gasteiger partial charge on any atom is 0.256 e. The smallest absolute Gasteiger partial charge is 0.256 e. The van der Waals surface area contributed by atoms with Crippen molar-refractivity contribution in [1.29, 1.82) is 0 Å². The summed E-state index contributed by atoms with van der Waals surface area (Å²) in [5, 5.41) is 3.00. The molecule has 4 rings (SSSR count). The molecule has 1 aromatic heterocycles. The molecule has 1 aliphatic carbocycles. The summed E-state index contributed by atoms with van der Waals surface area (Å²) >= 11 is 0. The number of carbonyl (C=O) groups is 2. The highest BCUT2D eigenvalue weighted by molar-refractivity contribution is 7.89. The highest BCUT2D eigenvalue weighted by Crippen LogP contribution is 2.27. The van der Waals surface area contributed by atoms with Crippen molar-refractivity contribution in [2.45, 2.75) is 75.8 Å². The number of amides is 2. The molecule has 2 fully saturated rings. The van der Waals surface area contributed by atoms with Crippen molar-refractivity contribution in [3.8, 4) is 0 Å². The summed E-state index contributed by atoms with van der Waals surface area (Å²) in [6.07, 6.45) is 8.39. The Hall–Kier alpha value is -2.72. The fourth-order valence-corrected chi connectivity index (χ4v) is 6.72. The summed E-state index contributed by atoms with van der Waals surface area (Å²) in [5.74, 6) is -0.356. The maximum absolute atomic E-state index is 13.4. The normalized spacial score (nSPS) is 17.3. The first-order chi connectivity index (χ1) is 17.2. The third-order valence-electron chi connectivity index (χ3n) is 7.46. The first-order valence-electron chi connectivity index (χ1n) is 12.9. The van der Waals surface area contributed by atoms with E-state index in [-0.39, 0.29) is 27.8 Å². The van der Waals surface area contributed by atoms with Crippen LogP contribution in [0, 0.1) is 0 Å². The number of hydrogen-bond donors (Lipinski definition) is 1. The van der Waals surface area contributed by atoms with Gasteiger partial charge >= 0.3 is 0 Å². The lowest BCUT2D eigenvalue weighted by molar-refractivity contribution is -0.127. The maximum atomic E-state index is 13.4. The lowest BCUT2D eigenvalue weighted by Crippen LogP contribution is -2.38. The van der Waals surface area contributed by atoms with Gasteiger partial charge in [0.2, 0.25) is 21.4 Å². The zero-order valence-electron chi connectivity index (χ0n) is 21.2. The molecule has 196 valence electrons. The Labute approximate surface area is 212 Å². The van der Waals surface area contributed by atoms with Crippen molar-refractivity contribution in [2.24, 2.45) is 0 Å². The number of pyridine rings is 1. The molecule has 2 aromatic rings. The Bertz CT molecular complexity index is 1300. The van der Waals surface area contributed by atoms with Gasteiger partial charge in [-0.1, -0.05) is 19.3 Å². The number of carbonyl (C=O) groups excluding carboxylic acids is 2. The second-order valence-electron chi connectivity index (χ2n) is 9.74. The van der Waals surface area contributed by atoms with Gasteiger partial charge in [0.1, 0.15) is 5.56 Å². The van der Waals surface area contributed by atoms with Gasteiger partial charge in [-0.05, 0) is 50.8 Å². The number of fused-ring (bicyclic) bond motifs is 1. The molecule has 2 aliphatic rings. The van der Waals surface area contributed by atoms with E-state index in [0.717, 1.165) is 45.1 Å². The topological polar surface area (TPSA) is 109 Å². The van der Waals surface area contributed by atoms with Crippen LogP contribution in [0.2, 0.25) is 0 Å². The Balaban J connectivity index is 1.57. The standard InChI is InChI=1S/C26H36N4O5S/c1-3-29-18-22(26(33)27-14-8-16-30-15-7-11-24(30)31)25(32)21-17-20(12-13-23(21)29)36(34,35)28(2)19-9-5-4-6-10-19/h12-13,17-19H,3-11,14-16H2,1-2H3,(H,27,33). The van der Waals surface area contributed by atoms with Gasteiger partial charge in [0.05, 0.1) is 10.4 Å². The zero-order valence-corrected chi connectivity index (χ0v) is 22.0. The van der Waals surface area contributed by atoms with Crippen LogP contribution in [0.15, 0.2) is 34.1 Å². The number of benzene rings is 1. The second kappa shape index (κ2) is 11.1. The molecule has 1 aromatic carbocycles. The molecule has 1 saturated heterocycles. The van der Waals surface area contributed by atoms with Crippen LogP contribution < -0.4 is 10.7 Å². The molecule has 10 heteroatoms. The first kappa shape index (κ1) is 26.3. The van der Waals surface area contributed by atoms with Gasteiger partial charge in [0.25, 0.3) is 5.91 Å². The van der Waals surface area contributed by atoms with Crippen LogP contribution >= 0.6 is 0 Å². The quantitative estimate of drug-likeness (QED) is 0.516. The minimum absolute atomic E-state index is 0.0169. The number of likely N-dealkylation sites (tertiary alicyclic amines) is 1. The van der Waals surface area contributed by atoms with E-state index in [1.165, 1.54) is 16.6 Å². The summed E-state index contributed by atoms with van der Waals surface area (Å²) in [6.45, 7) is 4.08. The molecular weight excluding hydrogens is 480 g/mol. The number of rotatable bonds is 9. The summed E-state index contributed by atoms with van der Waals surface area (Å²) in [7, 11) is -2.17. The average Bonchev–Trinajstić information content (AvgIpc) is 3.31. The van der Waals surface area contributed by atoms with E-state index < -0.39 is 21.4 Å². The molecule has 9 nitrogen and oxygen atoms in total. The number of sulfonamides is 1. The Kier molecular flexibility index (Phi) is 8.14. The van der Waals surface area contributed by atoms with Gasteiger partial charge < -0.3 is 14.8 Å². The predicted octanol–water partition coefficient (Wildman–Crippen LogP) is 2.72. The van der Waals surface area contributed by atoms with Crippen molar-refractivity contribution in [3.05, 3.63) is 40.2 Å². The van der Waals surface area contributed by atoms with Crippen LogP contribution in [-0.4, -0.2) is 66.7 Å². The predicted molar refractivity (Wildman–Crippen MR) is 138 cm³/mol. The number of hydrogen-bond acceptors (Lipinski definition) is 5. The van der Waals surface area contributed by atoms with E-state index in [9.17, 15) is 22.8 Å². The van der Waals surface area contributed by atoms with Crippen molar-refractivity contribution in [3.63, 3.8) is 0 Å². The van der Waals surface area contributed by atoms with Gasteiger partial charge in [-0.2, -0.15) is 4.31 Å². The lowest BCUT2D eigenvalue weighted by atomic mass is 9.96. The fraction of sp³-hybridized carbons (Fsp3) is 0.577. The molecule has 0 atom stereocenters.